The Morgan fingerprint density at radius 2 is 2.03 bits per heavy atom. The number of halogens is 1. The smallest absolute Gasteiger partial charge is 0.308 e. The van der Waals surface area contributed by atoms with Crippen molar-refractivity contribution in [1.82, 2.24) is 10.3 Å². The summed E-state index contributed by atoms with van der Waals surface area (Å²) in [5.74, 6) is -1.43. The predicted octanol–water partition coefficient (Wildman–Crippen LogP) is 2.67. The van der Waals surface area contributed by atoms with Gasteiger partial charge in [0.15, 0.2) is 16.7 Å². The Labute approximate surface area is 178 Å². The van der Waals surface area contributed by atoms with Crippen LogP contribution >= 0.6 is 23.4 Å². The maximum atomic E-state index is 12.9. The van der Waals surface area contributed by atoms with Gasteiger partial charge in [-0.05, 0) is 39.8 Å². The standard InChI is InChI=1S/C17H14ClN5O6S/c1-7(24)20-14-15(22-29-21-14)23-16(26)13(30-17(23)19)5-9-4-11(27-3)12(6-10(9)18)28-8(2)25/h4-6,19H,1-3H3,(H,20,21,24). The molecule has 0 unspecified atom stereocenters. The maximum Gasteiger partial charge on any atom is 0.308 e. The van der Waals surface area contributed by atoms with E-state index in [0.717, 1.165) is 16.7 Å². The first-order valence-electron chi connectivity index (χ1n) is 8.20. The van der Waals surface area contributed by atoms with E-state index >= 15 is 0 Å². The molecule has 13 heteroatoms. The fourth-order valence-electron chi connectivity index (χ4n) is 2.45. The van der Waals surface area contributed by atoms with Crippen molar-refractivity contribution in [3.8, 4) is 11.5 Å². The van der Waals surface area contributed by atoms with Crippen molar-refractivity contribution in [1.29, 1.82) is 5.41 Å². The highest BCUT2D eigenvalue weighted by molar-refractivity contribution is 8.19. The van der Waals surface area contributed by atoms with Gasteiger partial charge >= 0.3 is 5.97 Å². The number of aromatic nitrogens is 2. The van der Waals surface area contributed by atoms with Crippen LogP contribution in [0.2, 0.25) is 5.02 Å². The van der Waals surface area contributed by atoms with Gasteiger partial charge in [-0.2, -0.15) is 0 Å². The van der Waals surface area contributed by atoms with Gasteiger partial charge in [0.2, 0.25) is 17.5 Å². The van der Waals surface area contributed by atoms with E-state index in [0.29, 0.717) is 5.56 Å². The number of benzene rings is 1. The molecule has 1 aromatic carbocycles. The average Bonchev–Trinajstić information content (AvgIpc) is 3.20. The summed E-state index contributed by atoms with van der Waals surface area (Å²) in [6.07, 6.45) is 1.45. The Morgan fingerprint density at radius 3 is 2.67 bits per heavy atom. The lowest BCUT2D eigenvalue weighted by Gasteiger charge is -2.11. The third kappa shape index (κ3) is 4.28. The molecule has 1 aliphatic rings. The van der Waals surface area contributed by atoms with E-state index in [1.165, 1.54) is 39.2 Å². The second kappa shape index (κ2) is 8.55. The topological polar surface area (TPSA) is 148 Å². The van der Waals surface area contributed by atoms with Crippen LogP contribution in [0.15, 0.2) is 21.7 Å². The molecular formula is C17H14ClN5O6S. The molecule has 1 fully saturated rings. The number of hydrogen-bond donors (Lipinski definition) is 2. The van der Waals surface area contributed by atoms with Crippen LogP contribution in [-0.4, -0.2) is 40.4 Å². The zero-order valence-corrected chi connectivity index (χ0v) is 17.4. The van der Waals surface area contributed by atoms with Crippen LogP contribution < -0.4 is 19.7 Å². The number of carbonyl (C=O) groups excluding carboxylic acids is 3. The summed E-state index contributed by atoms with van der Waals surface area (Å²) in [7, 11) is 1.39. The Bertz CT molecular complexity index is 1100. The van der Waals surface area contributed by atoms with Gasteiger partial charge in [-0.15, -0.1) is 0 Å². The molecule has 0 spiro atoms. The van der Waals surface area contributed by atoms with E-state index in [-0.39, 0.29) is 38.2 Å². The fourth-order valence-corrected chi connectivity index (χ4v) is 3.49. The quantitative estimate of drug-likeness (QED) is 0.397. The average molecular weight is 452 g/mol. The minimum absolute atomic E-state index is 0.0899. The maximum absolute atomic E-state index is 12.9. The molecule has 2 aromatic rings. The minimum Gasteiger partial charge on any atom is -0.493 e. The van der Waals surface area contributed by atoms with Gasteiger partial charge in [0.05, 0.1) is 17.0 Å². The Morgan fingerprint density at radius 1 is 1.30 bits per heavy atom. The van der Waals surface area contributed by atoms with E-state index in [9.17, 15) is 14.4 Å². The molecule has 1 aromatic heterocycles. The summed E-state index contributed by atoms with van der Waals surface area (Å²) in [5.41, 5.74) is 0.398. The SMILES string of the molecule is COc1cc(C=C2SC(=N)N(c3nonc3NC(C)=O)C2=O)c(Cl)cc1OC(C)=O. The van der Waals surface area contributed by atoms with Gasteiger partial charge in [-0.25, -0.2) is 9.53 Å². The van der Waals surface area contributed by atoms with Gasteiger partial charge in [0.1, 0.15) is 0 Å². The zero-order valence-electron chi connectivity index (χ0n) is 15.8. The summed E-state index contributed by atoms with van der Waals surface area (Å²) >= 11 is 7.11. The minimum atomic E-state index is -0.591. The first-order valence-corrected chi connectivity index (χ1v) is 9.39. The molecule has 0 saturated carbocycles. The van der Waals surface area contributed by atoms with Crippen LogP contribution in [0.4, 0.5) is 11.6 Å². The number of hydrogen-bond acceptors (Lipinski definition) is 10. The predicted molar refractivity (Wildman–Crippen MR) is 109 cm³/mol. The van der Waals surface area contributed by atoms with Crippen molar-refractivity contribution in [3.63, 3.8) is 0 Å². The molecule has 30 heavy (non-hydrogen) atoms. The third-order valence-electron chi connectivity index (χ3n) is 3.62. The van der Waals surface area contributed by atoms with Crippen LogP contribution in [0.5, 0.6) is 11.5 Å². The van der Waals surface area contributed by atoms with Gasteiger partial charge in [-0.1, -0.05) is 11.6 Å². The molecule has 1 saturated heterocycles. The molecule has 2 heterocycles. The van der Waals surface area contributed by atoms with Crippen LogP contribution in [0.25, 0.3) is 6.08 Å². The summed E-state index contributed by atoms with van der Waals surface area (Å²) in [6, 6.07) is 2.88. The number of methoxy groups -OCH3 is 1. The number of anilines is 2. The molecule has 3 rings (SSSR count). The first-order chi connectivity index (χ1) is 14.2. The van der Waals surface area contributed by atoms with E-state index in [4.69, 9.17) is 26.5 Å². The number of thioether (sulfide) groups is 1. The lowest BCUT2D eigenvalue weighted by Crippen LogP contribution is -2.29. The highest BCUT2D eigenvalue weighted by atomic mass is 35.5. The Hall–Kier alpha value is -3.38. The highest BCUT2D eigenvalue weighted by Crippen LogP contribution is 2.39. The highest BCUT2D eigenvalue weighted by Gasteiger charge is 2.38. The number of ether oxygens (including phenoxy) is 2. The lowest BCUT2D eigenvalue weighted by atomic mass is 10.1. The van der Waals surface area contributed by atoms with E-state index in [2.05, 4.69) is 20.3 Å². The molecule has 0 radical (unpaired) electrons. The Balaban J connectivity index is 1.95. The molecule has 11 nitrogen and oxygen atoms in total. The van der Waals surface area contributed by atoms with E-state index < -0.39 is 17.8 Å². The zero-order chi connectivity index (χ0) is 22.0. The van der Waals surface area contributed by atoms with Crippen LogP contribution in [0.3, 0.4) is 0 Å². The molecule has 1 aliphatic heterocycles. The molecule has 2 amide bonds. The lowest BCUT2D eigenvalue weighted by molar-refractivity contribution is -0.132. The monoisotopic (exact) mass is 451 g/mol. The molecular weight excluding hydrogens is 438 g/mol. The second-order valence-electron chi connectivity index (χ2n) is 5.79. The van der Waals surface area contributed by atoms with Crippen LogP contribution in [-0.2, 0) is 14.4 Å². The van der Waals surface area contributed by atoms with E-state index in [1.807, 2.05) is 0 Å². The summed E-state index contributed by atoms with van der Waals surface area (Å²) in [6.45, 7) is 2.50. The number of nitrogens with zero attached hydrogens (tertiary/aromatic N) is 3. The van der Waals surface area contributed by atoms with E-state index in [1.54, 1.807) is 0 Å². The van der Waals surface area contributed by atoms with Crippen LogP contribution in [0, 0.1) is 5.41 Å². The molecule has 0 aliphatic carbocycles. The number of amidine groups is 1. The van der Waals surface area contributed by atoms with Crippen molar-refractivity contribution < 1.29 is 28.5 Å². The number of rotatable bonds is 5. The summed E-state index contributed by atoms with van der Waals surface area (Å²) in [5, 5.41) is 17.7. The van der Waals surface area contributed by atoms with Crippen molar-refractivity contribution >= 4 is 64.0 Å². The van der Waals surface area contributed by atoms with Crippen molar-refractivity contribution in [2.45, 2.75) is 13.8 Å². The fraction of sp³-hybridized carbons (Fsp3) is 0.176. The van der Waals surface area contributed by atoms with Gasteiger partial charge in [0, 0.05) is 19.9 Å². The number of carbonyl (C=O) groups is 3. The van der Waals surface area contributed by atoms with Gasteiger partial charge < -0.3 is 14.8 Å². The summed E-state index contributed by atoms with van der Waals surface area (Å²) in [4.78, 5) is 36.5. The first kappa shape index (κ1) is 21.3. The Kier molecular flexibility index (Phi) is 6.08. The number of nitrogens with one attached hydrogen (secondary N) is 2. The summed E-state index contributed by atoms with van der Waals surface area (Å²) < 4.78 is 14.8. The number of esters is 1. The molecule has 156 valence electrons. The van der Waals surface area contributed by atoms with Crippen molar-refractivity contribution in [2.75, 3.05) is 17.3 Å². The van der Waals surface area contributed by atoms with Crippen LogP contribution in [0.1, 0.15) is 19.4 Å². The normalized spacial score (nSPS) is 14.9. The van der Waals surface area contributed by atoms with Gasteiger partial charge in [0.25, 0.3) is 5.91 Å². The number of amides is 2. The van der Waals surface area contributed by atoms with Crippen molar-refractivity contribution in [2.24, 2.45) is 0 Å². The van der Waals surface area contributed by atoms with Gasteiger partial charge in [-0.3, -0.25) is 19.8 Å². The largest absolute Gasteiger partial charge is 0.493 e. The van der Waals surface area contributed by atoms with Crippen molar-refractivity contribution in [3.05, 3.63) is 27.6 Å². The molecule has 2 N–H and O–H groups in total. The second-order valence-corrected chi connectivity index (χ2v) is 7.23. The molecule has 0 bridgehead atoms. The molecule has 0 atom stereocenters. The third-order valence-corrected chi connectivity index (χ3v) is 4.84.